The van der Waals surface area contributed by atoms with Gasteiger partial charge in [-0.2, -0.15) is 0 Å². The molecule has 1 aromatic carbocycles. The first-order chi connectivity index (χ1) is 9.29. The lowest BCUT2D eigenvalue weighted by Gasteiger charge is -2.23. The number of hydrogen-bond donors (Lipinski definition) is 2. The highest BCUT2D eigenvalue weighted by Crippen LogP contribution is 2.25. The molecule has 2 N–H and O–H groups in total. The maximum Gasteiger partial charge on any atom is 0.220 e. The van der Waals surface area contributed by atoms with Gasteiger partial charge in [0.25, 0.3) is 0 Å². The second-order valence-corrected chi connectivity index (χ2v) is 4.49. The molecule has 0 aromatic heterocycles. The fourth-order valence-corrected chi connectivity index (χ4v) is 2.07. The SMILES string of the molecule is COc1ccccc1OCCNC1CCC(=O)NC1. The summed E-state index contributed by atoms with van der Waals surface area (Å²) in [6.45, 7) is 2.02. The number of amides is 1. The lowest BCUT2D eigenvalue weighted by Crippen LogP contribution is -2.46. The van der Waals surface area contributed by atoms with E-state index in [0.29, 0.717) is 25.6 Å². The number of carbonyl (C=O) groups is 1. The minimum Gasteiger partial charge on any atom is -0.493 e. The zero-order valence-electron chi connectivity index (χ0n) is 11.1. The Balaban J connectivity index is 1.68. The van der Waals surface area contributed by atoms with Crippen molar-refractivity contribution in [3.05, 3.63) is 24.3 Å². The van der Waals surface area contributed by atoms with E-state index in [-0.39, 0.29) is 5.91 Å². The Hall–Kier alpha value is -1.75. The highest BCUT2D eigenvalue weighted by molar-refractivity contribution is 5.76. The topological polar surface area (TPSA) is 59.6 Å². The number of methoxy groups -OCH3 is 1. The third-order valence-corrected chi connectivity index (χ3v) is 3.13. The third-order valence-electron chi connectivity index (χ3n) is 3.13. The molecule has 104 valence electrons. The molecule has 0 bridgehead atoms. The number of benzene rings is 1. The second-order valence-electron chi connectivity index (χ2n) is 4.49. The molecule has 1 atom stereocenters. The van der Waals surface area contributed by atoms with Crippen molar-refractivity contribution in [3.63, 3.8) is 0 Å². The summed E-state index contributed by atoms with van der Waals surface area (Å²) < 4.78 is 10.9. The van der Waals surface area contributed by atoms with E-state index in [1.54, 1.807) is 7.11 Å². The molecule has 1 saturated heterocycles. The number of nitrogens with one attached hydrogen (secondary N) is 2. The maximum absolute atomic E-state index is 11.0. The largest absolute Gasteiger partial charge is 0.493 e. The fraction of sp³-hybridized carbons (Fsp3) is 0.500. The molecule has 1 amide bonds. The van der Waals surface area contributed by atoms with E-state index in [1.165, 1.54) is 0 Å². The second kappa shape index (κ2) is 6.99. The van der Waals surface area contributed by atoms with E-state index in [9.17, 15) is 4.79 Å². The first-order valence-corrected chi connectivity index (χ1v) is 6.55. The zero-order chi connectivity index (χ0) is 13.5. The molecule has 1 aliphatic heterocycles. The summed E-state index contributed by atoms with van der Waals surface area (Å²) in [6.07, 6.45) is 1.49. The average Bonchev–Trinajstić information content (AvgIpc) is 2.46. The van der Waals surface area contributed by atoms with Crippen LogP contribution in [0.15, 0.2) is 24.3 Å². The number of para-hydroxylation sites is 2. The van der Waals surface area contributed by atoms with E-state index >= 15 is 0 Å². The summed E-state index contributed by atoms with van der Waals surface area (Å²) in [4.78, 5) is 11.0. The Bertz CT molecular complexity index is 413. The molecule has 0 aliphatic carbocycles. The molecular weight excluding hydrogens is 244 g/mol. The van der Waals surface area contributed by atoms with Gasteiger partial charge in [-0.25, -0.2) is 0 Å². The van der Waals surface area contributed by atoms with Crippen LogP contribution in [0.4, 0.5) is 0 Å². The van der Waals surface area contributed by atoms with Crippen LogP contribution in [0.5, 0.6) is 11.5 Å². The van der Waals surface area contributed by atoms with E-state index in [4.69, 9.17) is 9.47 Å². The Morgan fingerprint density at radius 2 is 2.16 bits per heavy atom. The highest BCUT2D eigenvalue weighted by atomic mass is 16.5. The van der Waals surface area contributed by atoms with Crippen LogP contribution in [0.1, 0.15) is 12.8 Å². The van der Waals surface area contributed by atoms with Gasteiger partial charge in [0, 0.05) is 25.6 Å². The number of ether oxygens (including phenoxy) is 2. The van der Waals surface area contributed by atoms with Crippen LogP contribution in [-0.2, 0) is 4.79 Å². The van der Waals surface area contributed by atoms with Gasteiger partial charge in [-0.3, -0.25) is 4.79 Å². The smallest absolute Gasteiger partial charge is 0.220 e. The van der Waals surface area contributed by atoms with Gasteiger partial charge in [-0.05, 0) is 18.6 Å². The van der Waals surface area contributed by atoms with Crippen molar-refractivity contribution >= 4 is 5.91 Å². The summed E-state index contributed by atoms with van der Waals surface area (Å²) in [5.41, 5.74) is 0. The predicted molar refractivity (Wildman–Crippen MR) is 72.5 cm³/mol. The summed E-state index contributed by atoms with van der Waals surface area (Å²) in [7, 11) is 1.63. The molecule has 19 heavy (non-hydrogen) atoms. The van der Waals surface area contributed by atoms with Crippen LogP contribution in [0.2, 0.25) is 0 Å². The Morgan fingerprint density at radius 3 is 2.84 bits per heavy atom. The van der Waals surface area contributed by atoms with E-state index in [2.05, 4.69) is 10.6 Å². The molecular formula is C14H20N2O3. The van der Waals surface area contributed by atoms with Crippen LogP contribution >= 0.6 is 0 Å². The Labute approximate surface area is 113 Å². The molecule has 0 spiro atoms. The summed E-state index contributed by atoms with van der Waals surface area (Å²) in [5.74, 6) is 1.64. The van der Waals surface area contributed by atoms with Crippen molar-refractivity contribution in [1.82, 2.24) is 10.6 Å². The van der Waals surface area contributed by atoms with E-state index in [0.717, 1.165) is 24.5 Å². The molecule has 2 rings (SSSR count). The van der Waals surface area contributed by atoms with Crippen molar-refractivity contribution in [3.8, 4) is 11.5 Å². The van der Waals surface area contributed by atoms with Crippen molar-refractivity contribution in [2.45, 2.75) is 18.9 Å². The highest BCUT2D eigenvalue weighted by Gasteiger charge is 2.16. The first kappa shape index (κ1) is 13.7. The van der Waals surface area contributed by atoms with Gasteiger partial charge in [0.1, 0.15) is 6.61 Å². The van der Waals surface area contributed by atoms with Gasteiger partial charge >= 0.3 is 0 Å². The first-order valence-electron chi connectivity index (χ1n) is 6.55. The van der Waals surface area contributed by atoms with Crippen LogP contribution in [-0.4, -0.2) is 38.8 Å². The molecule has 0 radical (unpaired) electrons. The average molecular weight is 264 g/mol. The van der Waals surface area contributed by atoms with Gasteiger partial charge < -0.3 is 20.1 Å². The number of hydrogen-bond acceptors (Lipinski definition) is 4. The lowest BCUT2D eigenvalue weighted by molar-refractivity contribution is -0.122. The van der Waals surface area contributed by atoms with Crippen molar-refractivity contribution in [2.75, 3.05) is 26.8 Å². The molecule has 5 heteroatoms. The molecule has 1 unspecified atom stereocenters. The van der Waals surface area contributed by atoms with Gasteiger partial charge in [-0.1, -0.05) is 12.1 Å². The standard InChI is InChI=1S/C14H20N2O3/c1-18-12-4-2-3-5-13(12)19-9-8-15-11-6-7-14(17)16-10-11/h2-5,11,15H,6-10H2,1H3,(H,16,17). The fourth-order valence-electron chi connectivity index (χ4n) is 2.07. The van der Waals surface area contributed by atoms with E-state index in [1.807, 2.05) is 24.3 Å². The summed E-state index contributed by atoms with van der Waals surface area (Å²) in [5, 5.41) is 6.22. The van der Waals surface area contributed by atoms with E-state index < -0.39 is 0 Å². The molecule has 1 aromatic rings. The number of carbonyl (C=O) groups excluding carboxylic acids is 1. The summed E-state index contributed by atoms with van der Waals surface area (Å²) >= 11 is 0. The minimum atomic E-state index is 0.142. The van der Waals surface area contributed by atoms with Crippen LogP contribution in [0, 0.1) is 0 Å². The molecule has 0 saturated carbocycles. The monoisotopic (exact) mass is 264 g/mol. The number of piperidine rings is 1. The lowest BCUT2D eigenvalue weighted by atomic mass is 10.1. The van der Waals surface area contributed by atoms with Crippen LogP contribution < -0.4 is 20.1 Å². The van der Waals surface area contributed by atoms with Gasteiger partial charge in [-0.15, -0.1) is 0 Å². The number of rotatable bonds is 6. The van der Waals surface area contributed by atoms with Gasteiger partial charge in [0.05, 0.1) is 7.11 Å². The minimum absolute atomic E-state index is 0.142. The molecule has 1 fully saturated rings. The summed E-state index contributed by atoms with van der Waals surface area (Å²) in [6, 6.07) is 7.94. The van der Waals surface area contributed by atoms with Crippen LogP contribution in [0.25, 0.3) is 0 Å². The zero-order valence-corrected chi connectivity index (χ0v) is 11.1. The normalized spacial score (nSPS) is 18.8. The quantitative estimate of drug-likeness (QED) is 0.751. The maximum atomic E-state index is 11.0. The van der Waals surface area contributed by atoms with Crippen LogP contribution in [0.3, 0.4) is 0 Å². The van der Waals surface area contributed by atoms with Gasteiger partial charge in [0.15, 0.2) is 11.5 Å². The molecule has 5 nitrogen and oxygen atoms in total. The van der Waals surface area contributed by atoms with Crippen molar-refractivity contribution < 1.29 is 14.3 Å². The molecule has 1 heterocycles. The third kappa shape index (κ3) is 4.13. The Kier molecular flexibility index (Phi) is 5.03. The van der Waals surface area contributed by atoms with Crippen molar-refractivity contribution in [1.29, 1.82) is 0 Å². The Morgan fingerprint density at radius 1 is 1.37 bits per heavy atom. The predicted octanol–water partition coefficient (Wildman–Crippen LogP) is 0.942. The van der Waals surface area contributed by atoms with Gasteiger partial charge in [0.2, 0.25) is 5.91 Å². The molecule has 1 aliphatic rings. The van der Waals surface area contributed by atoms with Crippen molar-refractivity contribution in [2.24, 2.45) is 0 Å².